The molecule has 0 heterocycles. The number of carbonyl (C=O) groups is 2. The smallest absolute Gasteiger partial charge is 0.387 e. The summed E-state index contributed by atoms with van der Waals surface area (Å²) in [7, 11) is 0. The van der Waals surface area contributed by atoms with Crippen molar-refractivity contribution in [3.63, 3.8) is 0 Å². The van der Waals surface area contributed by atoms with Gasteiger partial charge in [-0.1, -0.05) is 37.3 Å². The van der Waals surface area contributed by atoms with Crippen LogP contribution >= 0.6 is 0 Å². The lowest BCUT2D eigenvalue weighted by Gasteiger charge is -2.27. The molecule has 2 N–H and O–H groups in total. The summed E-state index contributed by atoms with van der Waals surface area (Å²) in [5.74, 6) is -0.774. The van der Waals surface area contributed by atoms with E-state index in [4.69, 9.17) is 0 Å². The third-order valence-corrected chi connectivity index (χ3v) is 4.56. The Bertz CT molecular complexity index is 861. The molecular weight excluding hydrogens is 392 g/mol. The van der Waals surface area contributed by atoms with Gasteiger partial charge in [0.1, 0.15) is 5.75 Å². The lowest BCUT2D eigenvalue weighted by atomic mass is 10.2. The number of carbonyl (C=O) groups excluding carboxylic acids is 2. The summed E-state index contributed by atoms with van der Waals surface area (Å²) in [5.41, 5.74) is 1.80. The van der Waals surface area contributed by atoms with Crippen LogP contribution in [0, 0.1) is 6.92 Å². The number of hydrogen-bond donors (Lipinski definition) is 2. The monoisotopic (exact) mass is 419 g/mol. The highest BCUT2D eigenvalue weighted by Gasteiger charge is 2.24. The number of anilines is 2. The normalized spacial score (nSPS) is 12.0. The quantitative estimate of drug-likeness (QED) is 0.603. The topological polar surface area (TPSA) is 70.7 Å². The molecule has 0 bridgehead atoms. The van der Waals surface area contributed by atoms with Crippen molar-refractivity contribution in [2.24, 2.45) is 0 Å². The number of rotatable bonds is 10. The Balaban J connectivity index is 2.05. The second kappa shape index (κ2) is 11.3. The highest BCUT2D eigenvalue weighted by Crippen LogP contribution is 2.26. The largest absolute Gasteiger partial charge is 0.433 e. The Morgan fingerprint density at radius 1 is 1.03 bits per heavy atom. The Kier molecular flexibility index (Phi) is 8.73. The molecule has 0 saturated carbocycles. The second-order valence-corrected chi connectivity index (χ2v) is 6.87. The number of benzene rings is 2. The third-order valence-electron chi connectivity index (χ3n) is 4.56. The van der Waals surface area contributed by atoms with Gasteiger partial charge in [0.25, 0.3) is 0 Å². The first-order chi connectivity index (χ1) is 14.3. The van der Waals surface area contributed by atoms with Crippen molar-refractivity contribution in [2.45, 2.75) is 39.8 Å². The van der Waals surface area contributed by atoms with Gasteiger partial charge in [-0.2, -0.15) is 8.78 Å². The second-order valence-electron chi connectivity index (χ2n) is 6.87. The van der Waals surface area contributed by atoms with Crippen LogP contribution < -0.4 is 15.4 Å². The molecule has 0 spiro atoms. The lowest BCUT2D eigenvalue weighted by molar-refractivity contribution is -0.123. The standard InChI is InChI=1S/C22H27F2N3O3/c1-4-13-27(14-20(28)25-17-10-6-5-9-15(17)2)16(3)21(29)26-18-11-7-8-12-19(18)30-22(23)24/h5-12,16,22H,4,13-14H2,1-3H3,(H,25,28)(H,26,29). The van der Waals surface area contributed by atoms with E-state index in [1.165, 1.54) is 18.2 Å². The molecule has 0 aromatic heterocycles. The zero-order valence-electron chi connectivity index (χ0n) is 17.3. The van der Waals surface area contributed by atoms with Gasteiger partial charge in [0.15, 0.2) is 0 Å². The minimum atomic E-state index is -3.00. The van der Waals surface area contributed by atoms with Gasteiger partial charge >= 0.3 is 6.61 Å². The first-order valence-electron chi connectivity index (χ1n) is 9.76. The van der Waals surface area contributed by atoms with Crippen molar-refractivity contribution >= 4 is 23.2 Å². The van der Waals surface area contributed by atoms with Gasteiger partial charge in [-0.25, -0.2) is 0 Å². The van der Waals surface area contributed by atoms with E-state index in [1.54, 1.807) is 17.9 Å². The van der Waals surface area contributed by atoms with E-state index in [9.17, 15) is 18.4 Å². The maximum atomic E-state index is 12.7. The molecule has 0 aliphatic rings. The van der Waals surface area contributed by atoms with Crippen molar-refractivity contribution < 1.29 is 23.1 Å². The van der Waals surface area contributed by atoms with Gasteiger partial charge in [-0.05, 0) is 50.6 Å². The summed E-state index contributed by atoms with van der Waals surface area (Å²) in [6.45, 7) is 3.05. The van der Waals surface area contributed by atoms with E-state index in [0.29, 0.717) is 12.2 Å². The van der Waals surface area contributed by atoms with Crippen LogP contribution in [0.1, 0.15) is 25.8 Å². The molecule has 30 heavy (non-hydrogen) atoms. The zero-order valence-corrected chi connectivity index (χ0v) is 17.3. The Morgan fingerprint density at radius 3 is 2.30 bits per heavy atom. The molecule has 1 unspecified atom stereocenters. The molecule has 0 fully saturated rings. The zero-order chi connectivity index (χ0) is 22.1. The fraction of sp³-hybridized carbons (Fsp3) is 0.364. The number of amides is 2. The van der Waals surface area contributed by atoms with Crippen molar-refractivity contribution in [3.8, 4) is 5.75 Å². The van der Waals surface area contributed by atoms with Gasteiger partial charge < -0.3 is 15.4 Å². The van der Waals surface area contributed by atoms with Gasteiger partial charge in [0.05, 0.1) is 18.3 Å². The average Bonchev–Trinajstić information content (AvgIpc) is 2.70. The number of nitrogens with zero attached hydrogens (tertiary/aromatic N) is 1. The van der Waals surface area contributed by atoms with Crippen LogP contribution in [0.25, 0.3) is 0 Å². The highest BCUT2D eigenvalue weighted by molar-refractivity contribution is 5.97. The lowest BCUT2D eigenvalue weighted by Crippen LogP contribution is -2.46. The highest BCUT2D eigenvalue weighted by atomic mass is 19.3. The summed E-state index contributed by atoms with van der Waals surface area (Å²) in [6, 6.07) is 12.8. The van der Waals surface area contributed by atoms with Gasteiger partial charge in [-0.15, -0.1) is 0 Å². The predicted octanol–water partition coefficient (Wildman–Crippen LogP) is 4.27. The summed E-state index contributed by atoms with van der Waals surface area (Å²) < 4.78 is 29.6. The minimum Gasteiger partial charge on any atom is -0.433 e. The van der Waals surface area contributed by atoms with Crippen LogP contribution in [0.3, 0.4) is 0 Å². The van der Waals surface area contributed by atoms with E-state index in [2.05, 4.69) is 15.4 Å². The number of nitrogens with one attached hydrogen (secondary N) is 2. The maximum absolute atomic E-state index is 12.7. The average molecular weight is 419 g/mol. The minimum absolute atomic E-state index is 0.0198. The van der Waals surface area contributed by atoms with E-state index >= 15 is 0 Å². The van der Waals surface area contributed by atoms with Crippen LogP contribution in [-0.2, 0) is 9.59 Å². The third kappa shape index (κ3) is 6.81. The molecule has 0 aliphatic carbocycles. The summed E-state index contributed by atoms with van der Waals surface area (Å²) in [5, 5.41) is 5.47. The SMILES string of the molecule is CCCN(CC(=O)Nc1ccccc1C)C(C)C(=O)Nc1ccccc1OC(F)F. The molecule has 162 valence electrons. The Hall–Kier alpha value is -3.00. The van der Waals surface area contributed by atoms with Crippen LogP contribution in [0.15, 0.2) is 48.5 Å². The van der Waals surface area contributed by atoms with E-state index in [-0.39, 0.29) is 23.9 Å². The Labute approximate surface area is 175 Å². The fourth-order valence-corrected chi connectivity index (χ4v) is 2.96. The number of halogens is 2. The van der Waals surface area contributed by atoms with Gasteiger partial charge in [0, 0.05) is 5.69 Å². The van der Waals surface area contributed by atoms with Gasteiger partial charge in [0.2, 0.25) is 11.8 Å². The molecule has 1 atom stereocenters. The summed E-state index contributed by atoms with van der Waals surface area (Å²) in [6.07, 6.45) is 0.736. The van der Waals surface area contributed by atoms with E-state index in [1.807, 2.05) is 38.1 Å². The molecule has 2 aromatic carbocycles. The molecule has 2 rings (SSSR count). The number of para-hydroxylation sites is 3. The van der Waals surface area contributed by atoms with E-state index < -0.39 is 18.6 Å². The number of alkyl halides is 2. The number of ether oxygens (including phenoxy) is 1. The van der Waals surface area contributed by atoms with Crippen LogP contribution in [-0.4, -0.2) is 42.5 Å². The number of aryl methyl sites for hydroxylation is 1. The number of hydrogen-bond acceptors (Lipinski definition) is 4. The van der Waals surface area contributed by atoms with Crippen LogP contribution in [0.4, 0.5) is 20.2 Å². The Morgan fingerprint density at radius 2 is 1.67 bits per heavy atom. The van der Waals surface area contributed by atoms with Crippen molar-refractivity contribution in [2.75, 3.05) is 23.7 Å². The van der Waals surface area contributed by atoms with Crippen molar-refractivity contribution in [1.29, 1.82) is 0 Å². The molecule has 2 aromatic rings. The summed E-state index contributed by atoms with van der Waals surface area (Å²) >= 11 is 0. The fourth-order valence-electron chi connectivity index (χ4n) is 2.96. The molecule has 0 saturated heterocycles. The van der Waals surface area contributed by atoms with Crippen LogP contribution in [0.5, 0.6) is 5.75 Å². The first-order valence-corrected chi connectivity index (χ1v) is 9.76. The molecular formula is C22H27F2N3O3. The molecule has 2 amide bonds. The van der Waals surface area contributed by atoms with Crippen LogP contribution in [0.2, 0.25) is 0 Å². The molecule has 6 nitrogen and oxygen atoms in total. The summed E-state index contributed by atoms with van der Waals surface area (Å²) in [4.78, 5) is 27.0. The van der Waals surface area contributed by atoms with Crippen molar-refractivity contribution in [3.05, 3.63) is 54.1 Å². The molecule has 0 radical (unpaired) electrons. The molecule has 0 aliphatic heterocycles. The first kappa shape index (κ1) is 23.3. The van der Waals surface area contributed by atoms with E-state index in [0.717, 1.165) is 12.0 Å². The maximum Gasteiger partial charge on any atom is 0.387 e. The van der Waals surface area contributed by atoms with Gasteiger partial charge in [-0.3, -0.25) is 14.5 Å². The van der Waals surface area contributed by atoms with Crippen molar-refractivity contribution in [1.82, 2.24) is 4.90 Å². The molecule has 8 heteroatoms. The predicted molar refractivity (Wildman–Crippen MR) is 113 cm³/mol.